The first-order valence-corrected chi connectivity index (χ1v) is 2.72. The van der Waals surface area contributed by atoms with Crippen molar-refractivity contribution in [3.63, 3.8) is 0 Å². The minimum absolute atomic E-state index is 0.994. The zero-order valence-corrected chi connectivity index (χ0v) is 5.40. The molecular weight excluding hydrogens is 134 g/mol. The van der Waals surface area contributed by atoms with Crippen molar-refractivity contribution in [2.45, 2.75) is 12.7 Å². The molecule has 0 spiro atoms. The normalized spacial score (nSPS) is 19.3. The molecule has 5 heteroatoms. The Labute approximate surface area is 57.5 Å². The van der Waals surface area contributed by atoms with Gasteiger partial charge in [-0.1, -0.05) is 0 Å². The summed E-state index contributed by atoms with van der Waals surface area (Å²) in [5.41, 5.74) is 0. The molecule has 1 aliphatic rings. The van der Waals surface area contributed by atoms with Gasteiger partial charge in [-0.3, -0.25) is 5.32 Å². The monoisotopic (exact) mass is 141 g/mol. The fourth-order valence-electron chi connectivity index (χ4n) is 0.657. The van der Waals surface area contributed by atoms with Gasteiger partial charge in [0.25, 0.3) is 0 Å². The van der Waals surface area contributed by atoms with Gasteiger partial charge >= 0.3 is 6.09 Å². The molecular formula is C5H7N3O2. The van der Waals surface area contributed by atoms with Crippen LogP contribution in [0.3, 0.4) is 0 Å². The molecule has 0 aliphatic carbocycles. The third kappa shape index (κ3) is 1.31. The molecule has 10 heavy (non-hydrogen) atoms. The van der Waals surface area contributed by atoms with Crippen LogP contribution >= 0.6 is 0 Å². The van der Waals surface area contributed by atoms with E-state index in [1.807, 2.05) is 0 Å². The maximum absolute atomic E-state index is 10.1. The summed E-state index contributed by atoms with van der Waals surface area (Å²) < 4.78 is 0. The maximum atomic E-state index is 10.1. The smallest absolute Gasteiger partial charge is 0.408 e. The Bertz CT molecular complexity index is 197. The molecule has 5 nitrogen and oxygen atoms in total. The number of rotatable bonds is 1. The van der Waals surface area contributed by atoms with Gasteiger partial charge in [0, 0.05) is 19.4 Å². The van der Waals surface area contributed by atoms with Crippen LogP contribution in [0, 0.1) is 0 Å². The molecule has 0 atom stereocenters. The molecule has 0 unspecified atom stereocenters. The van der Waals surface area contributed by atoms with Crippen LogP contribution in [0.25, 0.3) is 0 Å². The predicted molar refractivity (Wildman–Crippen MR) is 36.5 cm³/mol. The Morgan fingerprint density at radius 1 is 1.60 bits per heavy atom. The highest BCUT2D eigenvalue weighted by Crippen LogP contribution is 2.08. The molecule has 1 amide bonds. The number of nitrogens with one attached hydrogen (secondary N) is 1. The van der Waals surface area contributed by atoms with E-state index >= 15 is 0 Å². The number of carboxylic acid groups (broad SMARTS) is 1. The van der Waals surface area contributed by atoms with Gasteiger partial charge in [-0.25, -0.2) is 14.8 Å². The average molecular weight is 141 g/mol. The number of carbonyl (C=O) groups is 1. The van der Waals surface area contributed by atoms with Crippen LogP contribution in [-0.2, 0) is 0 Å². The summed E-state index contributed by atoms with van der Waals surface area (Å²) in [6.07, 6.45) is 1.78. The minimum atomic E-state index is -1.13. The van der Waals surface area contributed by atoms with Crippen molar-refractivity contribution < 1.29 is 9.90 Å². The molecule has 1 heterocycles. The van der Waals surface area contributed by atoms with Gasteiger partial charge in [-0.2, -0.15) is 0 Å². The maximum Gasteiger partial charge on any atom is 0.408 e. The fraction of sp³-hybridized carbons (Fsp3) is 0.400. The molecule has 0 saturated carbocycles. The van der Waals surface area contributed by atoms with Crippen molar-refractivity contribution in [2.24, 2.45) is 9.98 Å². The highest BCUT2D eigenvalue weighted by Gasteiger charge is 2.24. The Morgan fingerprint density at radius 2 is 2.10 bits per heavy atom. The summed E-state index contributed by atoms with van der Waals surface area (Å²) in [5.74, 6) is -0.994. The van der Waals surface area contributed by atoms with Gasteiger partial charge in [0.2, 0.25) is 5.79 Å². The zero-order valence-electron chi connectivity index (χ0n) is 5.40. The zero-order chi connectivity index (χ0) is 7.61. The van der Waals surface area contributed by atoms with E-state index in [-0.39, 0.29) is 0 Å². The average Bonchev–Trinajstić information content (AvgIpc) is 2.12. The SMILES string of the molecule is CC1(NC(=O)O)N=CC=N1. The summed E-state index contributed by atoms with van der Waals surface area (Å²) in [4.78, 5) is 17.6. The first-order valence-electron chi connectivity index (χ1n) is 2.72. The van der Waals surface area contributed by atoms with Crippen LogP contribution in [0.2, 0.25) is 0 Å². The van der Waals surface area contributed by atoms with E-state index in [1.165, 1.54) is 12.4 Å². The van der Waals surface area contributed by atoms with E-state index in [9.17, 15) is 4.79 Å². The molecule has 0 aromatic heterocycles. The Balaban J connectivity index is 2.62. The van der Waals surface area contributed by atoms with Crippen molar-refractivity contribution in [2.75, 3.05) is 0 Å². The largest absolute Gasteiger partial charge is 0.465 e. The molecule has 54 valence electrons. The first kappa shape index (κ1) is 6.73. The highest BCUT2D eigenvalue weighted by molar-refractivity contribution is 6.17. The number of aliphatic imine (C=N–C) groups is 2. The van der Waals surface area contributed by atoms with Crippen molar-refractivity contribution in [1.82, 2.24) is 5.32 Å². The van der Waals surface area contributed by atoms with Crippen molar-refractivity contribution >= 4 is 18.5 Å². The van der Waals surface area contributed by atoms with Crippen LogP contribution in [0.5, 0.6) is 0 Å². The summed E-state index contributed by atoms with van der Waals surface area (Å²) in [6, 6.07) is 0. The van der Waals surface area contributed by atoms with Crippen LogP contribution in [0.1, 0.15) is 6.92 Å². The molecule has 2 N–H and O–H groups in total. The van der Waals surface area contributed by atoms with Crippen molar-refractivity contribution in [3.8, 4) is 0 Å². The van der Waals surface area contributed by atoms with Crippen molar-refractivity contribution in [1.29, 1.82) is 0 Å². The van der Waals surface area contributed by atoms with E-state index in [2.05, 4.69) is 15.3 Å². The minimum Gasteiger partial charge on any atom is -0.465 e. The number of amides is 1. The Kier molecular flexibility index (Phi) is 1.41. The van der Waals surface area contributed by atoms with E-state index in [1.54, 1.807) is 6.92 Å². The summed E-state index contributed by atoms with van der Waals surface area (Å²) in [5, 5.41) is 10.4. The van der Waals surface area contributed by atoms with E-state index in [0.29, 0.717) is 0 Å². The van der Waals surface area contributed by atoms with E-state index < -0.39 is 11.9 Å². The second kappa shape index (κ2) is 2.09. The highest BCUT2D eigenvalue weighted by atomic mass is 16.4. The third-order valence-electron chi connectivity index (χ3n) is 1.06. The van der Waals surface area contributed by atoms with Crippen LogP contribution in [0.4, 0.5) is 4.79 Å². The van der Waals surface area contributed by atoms with Crippen molar-refractivity contribution in [3.05, 3.63) is 0 Å². The lowest BCUT2D eigenvalue weighted by Gasteiger charge is -2.15. The molecule has 0 bridgehead atoms. The summed E-state index contributed by atoms with van der Waals surface area (Å²) in [7, 11) is 0. The summed E-state index contributed by atoms with van der Waals surface area (Å²) in [6.45, 7) is 1.57. The Hall–Kier alpha value is -1.39. The quantitative estimate of drug-likeness (QED) is 0.542. The van der Waals surface area contributed by atoms with Gasteiger partial charge in [0.15, 0.2) is 0 Å². The lowest BCUT2D eigenvalue weighted by atomic mass is 10.4. The topological polar surface area (TPSA) is 74.0 Å². The van der Waals surface area contributed by atoms with Gasteiger partial charge in [-0.05, 0) is 0 Å². The number of hydrogen-bond acceptors (Lipinski definition) is 3. The van der Waals surface area contributed by atoms with Crippen LogP contribution in [0.15, 0.2) is 9.98 Å². The number of nitrogens with zero attached hydrogens (tertiary/aromatic N) is 2. The van der Waals surface area contributed by atoms with Crippen LogP contribution in [-0.4, -0.2) is 29.4 Å². The van der Waals surface area contributed by atoms with E-state index in [0.717, 1.165) is 0 Å². The second-order valence-electron chi connectivity index (χ2n) is 2.01. The fourth-order valence-corrected chi connectivity index (χ4v) is 0.657. The van der Waals surface area contributed by atoms with Gasteiger partial charge in [-0.15, -0.1) is 0 Å². The van der Waals surface area contributed by atoms with Gasteiger partial charge in [0.05, 0.1) is 0 Å². The Morgan fingerprint density at radius 3 is 2.50 bits per heavy atom. The van der Waals surface area contributed by atoms with E-state index in [4.69, 9.17) is 5.11 Å². The lowest BCUT2D eigenvalue weighted by Crippen LogP contribution is -2.40. The summed E-state index contributed by atoms with van der Waals surface area (Å²) >= 11 is 0. The standard InChI is InChI=1S/C5H7N3O2/c1-5(8-4(9)10)6-2-3-7-5/h2-3,8H,1H3,(H,9,10). The first-order chi connectivity index (χ1) is 4.62. The van der Waals surface area contributed by atoms with Gasteiger partial charge < -0.3 is 5.11 Å². The molecule has 1 aliphatic heterocycles. The predicted octanol–water partition coefficient (Wildman–Crippen LogP) is 0.0829. The molecule has 0 aromatic rings. The second-order valence-corrected chi connectivity index (χ2v) is 2.01. The van der Waals surface area contributed by atoms with Gasteiger partial charge in [0.1, 0.15) is 0 Å². The molecule has 1 rings (SSSR count). The lowest BCUT2D eigenvalue weighted by molar-refractivity contribution is 0.182. The molecule has 0 radical (unpaired) electrons. The molecule has 0 aromatic carbocycles. The third-order valence-corrected chi connectivity index (χ3v) is 1.06. The molecule has 0 fully saturated rings. The number of hydrogen-bond donors (Lipinski definition) is 2. The molecule has 0 saturated heterocycles. The van der Waals surface area contributed by atoms with Crippen LogP contribution < -0.4 is 5.32 Å².